The van der Waals surface area contributed by atoms with Gasteiger partial charge < -0.3 is 19.7 Å². The van der Waals surface area contributed by atoms with Gasteiger partial charge in [0.05, 0.1) is 38.0 Å². The Balaban J connectivity index is 1.58. The molecule has 0 unspecified atom stereocenters. The summed E-state index contributed by atoms with van der Waals surface area (Å²) >= 11 is 3.13. The second-order valence-electron chi connectivity index (χ2n) is 7.52. The summed E-state index contributed by atoms with van der Waals surface area (Å²) in [4.78, 5) is 33.3. The van der Waals surface area contributed by atoms with E-state index in [1.54, 1.807) is 25.4 Å². The van der Waals surface area contributed by atoms with E-state index in [0.29, 0.717) is 23.6 Å². The summed E-state index contributed by atoms with van der Waals surface area (Å²) in [6.07, 6.45) is 0.985. The Morgan fingerprint density at radius 1 is 1.21 bits per heavy atom. The SMILES string of the molecule is COC(=O)C1=C(C)N=C2SC=C(CC(=O)NCCc3cccs3)N2[C@H]1c1cccc(OC)c1. The van der Waals surface area contributed by atoms with E-state index >= 15 is 0 Å². The van der Waals surface area contributed by atoms with Crippen LogP contribution in [0.4, 0.5) is 0 Å². The van der Waals surface area contributed by atoms with Gasteiger partial charge in [0.25, 0.3) is 0 Å². The number of hydrogen-bond acceptors (Lipinski definition) is 8. The molecule has 2 aliphatic heterocycles. The lowest BCUT2D eigenvalue weighted by molar-refractivity contribution is -0.136. The quantitative estimate of drug-likeness (QED) is 0.566. The van der Waals surface area contributed by atoms with Gasteiger partial charge in [-0.05, 0) is 47.9 Å². The minimum Gasteiger partial charge on any atom is -0.497 e. The van der Waals surface area contributed by atoms with Crippen molar-refractivity contribution >= 4 is 40.1 Å². The molecular formula is C24H25N3O4S2. The molecule has 4 rings (SSSR count). The van der Waals surface area contributed by atoms with Gasteiger partial charge in [-0.25, -0.2) is 9.79 Å². The van der Waals surface area contributed by atoms with Crippen molar-refractivity contribution in [2.75, 3.05) is 20.8 Å². The molecular weight excluding hydrogens is 458 g/mol. The van der Waals surface area contributed by atoms with E-state index in [1.807, 2.05) is 46.0 Å². The Morgan fingerprint density at radius 3 is 2.79 bits per heavy atom. The van der Waals surface area contributed by atoms with Crippen molar-refractivity contribution in [3.05, 3.63) is 74.6 Å². The fourth-order valence-electron chi connectivity index (χ4n) is 3.87. The minimum absolute atomic E-state index is 0.0741. The summed E-state index contributed by atoms with van der Waals surface area (Å²) in [6.45, 7) is 2.38. The number of nitrogens with one attached hydrogen (secondary N) is 1. The fraction of sp³-hybridized carbons (Fsp3) is 0.292. The average Bonchev–Trinajstić information content (AvgIpc) is 3.48. The van der Waals surface area contributed by atoms with E-state index in [0.717, 1.165) is 22.8 Å². The first kappa shape index (κ1) is 23.1. The topological polar surface area (TPSA) is 80.2 Å². The maximum absolute atomic E-state index is 12.8. The van der Waals surface area contributed by atoms with Crippen LogP contribution in [-0.2, 0) is 20.7 Å². The zero-order valence-corrected chi connectivity index (χ0v) is 20.3. The van der Waals surface area contributed by atoms with Crippen LogP contribution in [0.25, 0.3) is 0 Å². The van der Waals surface area contributed by atoms with Crippen molar-refractivity contribution in [1.29, 1.82) is 0 Å². The van der Waals surface area contributed by atoms with Gasteiger partial charge in [0, 0.05) is 17.1 Å². The molecule has 0 saturated heterocycles. The van der Waals surface area contributed by atoms with Crippen molar-refractivity contribution in [1.82, 2.24) is 10.2 Å². The molecule has 0 spiro atoms. The first-order chi connectivity index (χ1) is 16.0. The Hall–Kier alpha value is -3.04. The fourth-order valence-corrected chi connectivity index (χ4v) is 5.55. The molecule has 1 atom stereocenters. The molecule has 3 heterocycles. The third kappa shape index (κ3) is 4.99. The molecule has 0 bridgehead atoms. The van der Waals surface area contributed by atoms with Crippen LogP contribution >= 0.6 is 23.1 Å². The highest BCUT2D eigenvalue weighted by Crippen LogP contribution is 2.45. The Morgan fingerprint density at radius 2 is 2.06 bits per heavy atom. The molecule has 1 N–H and O–H groups in total. The molecule has 33 heavy (non-hydrogen) atoms. The predicted molar refractivity (Wildman–Crippen MR) is 131 cm³/mol. The lowest BCUT2D eigenvalue weighted by Crippen LogP contribution is -2.38. The molecule has 2 aliphatic rings. The van der Waals surface area contributed by atoms with Crippen molar-refractivity contribution in [3.8, 4) is 5.75 Å². The number of hydrogen-bond donors (Lipinski definition) is 1. The normalized spacial score (nSPS) is 17.3. The number of thioether (sulfide) groups is 1. The van der Waals surface area contributed by atoms with Gasteiger partial charge in [0.1, 0.15) is 5.75 Å². The monoisotopic (exact) mass is 483 g/mol. The third-order valence-corrected chi connectivity index (χ3v) is 7.26. The highest BCUT2D eigenvalue weighted by molar-refractivity contribution is 8.16. The van der Waals surface area contributed by atoms with Crippen LogP contribution < -0.4 is 10.1 Å². The third-order valence-electron chi connectivity index (χ3n) is 5.43. The Labute approximate surface area is 201 Å². The summed E-state index contributed by atoms with van der Waals surface area (Å²) in [5, 5.41) is 7.69. The van der Waals surface area contributed by atoms with Crippen LogP contribution in [0, 0.1) is 0 Å². The van der Waals surface area contributed by atoms with Gasteiger partial charge in [-0.2, -0.15) is 0 Å². The number of esters is 1. The number of aliphatic imine (C=N–C) groups is 1. The van der Waals surface area contributed by atoms with E-state index in [4.69, 9.17) is 9.47 Å². The van der Waals surface area contributed by atoms with E-state index < -0.39 is 12.0 Å². The summed E-state index contributed by atoms with van der Waals surface area (Å²) in [5.74, 6) is 0.164. The molecule has 0 saturated carbocycles. The van der Waals surface area contributed by atoms with Crippen LogP contribution in [0.5, 0.6) is 5.75 Å². The van der Waals surface area contributed by atoms with Crippen LogP contribution in [0.2, 0.25) is 0 Å². The molecule has 1 aromatic heterocycles. The molecule has 172 valence electrons. The summed E-state index contributed by atoms with van der Waals surface area (Å²) in [6, 6.07) is 11.2. The zero-order valence-electron chi connectivity index (χ0n) is 18.7. The standard InChI is InChI=1S/C24H25N3O4S2/c1-15-21(23(29)31-3)22(16-6-4-7-18(12-16)30-2)27-17(14-33-24(27)26-15)13-20(28)25-10-9-19-8-5-11-32-19/h4-8,11-12,14,22H,9-10,13H2,1-3H3,(H,25,28)/t22-/m0/s1. The largest absolute Gasteiger partial charge is 0.497 e. The van der Waals surface area contributed by atoms with E-state index in [-0.39, 0.29) is 12.3 Å². The first-order valence-electron chi connectivity index (χ1n) is 10.5. The number of carbonyl (C=O) groups excluding carboxylic acids is 2. The van der Waals surface area contributed by atoms with Gasteiger partial charge in [0.15, 0.2) is 5.17 Å². The number of ether oxygens (including phenoxy) is 2. The summed E-state index contributed by atoms with van der Waals surface area (Å²) in [7, 11) is 2.97. The number of amidine groups is 1. The molecule has 7 nitrogen and oxygen atoms in total. The number of rotatable bonds is 8. The number of allylic oxidation sites excluding steroid dienone is 1. The second kappa shape index (κ2) is 10.3. The van der Waals surface area contributed by atoms with Crippen molar-refractivity contribution in [2.45, 2.75) is 25.8 Å². The van der Waals surface area contributed by atoms with Crippen molar-refractivity contribution in [3.63, 3.8) is 0 Å². The number of amides is 1. The molecule has 9 heteroatoms. The summed E-state index contributed by atoms with van der Waals surface area (Å²) < 4.78 is 10.5. The van der Waals surface area contributed by atoms with Crippen LogP contribution in [0.1, 0.15) is 29.8 Å². The van der Waals surface area contributed by atoms with E-state index in [9.17, 15) is 9.59 Å². The van der Waals surface area contributed by atoms with Crippen LogP contribution in [0.3, 0.4) is 0 Å². The molecule has 0 aliphatic carbocycles. The summed E-state index contributed by atoms with van der Waals surface area (Å²) in [5.41, 5.74) is 2.69. The van der Waals surface area contributed by atoms with E-state index in [1.165, 1.54) is 23.7 Å². The second-order valence-corrected chi connectivity index (χ2v) is 9.39. The smallest absolute Gasteiger partial charge is 0.338 e. The van der Waals surface area contributed by atoms with Crippen molar-refractivity contribution < 1.29 is 19.1 Å². The first-order valence-corrected chi connectivity index (χ1v) is 12.2. The van der Waals surface area contributed by atoms with Crippen LogP contribution in [-0.4, -0.2) is 42.7 Å². The Kier molecular flexibility index (Phi) is 7.20. The highest BCUT2D eigenvalue weighted by Gasteiger charge is 2.41. The van der Waals surface area contributed by atoms with Gasteiger partial charge >= 0.3 is 5.97 Å². The molecule has 2 aromatic rings. The maximum Gasteiger partial charge on any atom is 0.338 e. The lowest BCUT2D eigenvalue weighted by Gasteiger charge is -2.36. The molecule has 1 amide bonds. The van der Waals surface area contributed by atoms with E-state index in [2.05, 4.69) is 16.4 Å². The Bertz CT molecular complexity index is 1140. The van der Waals surface area contributed by atoms with Crippen molar-refractivity contribution in [2.24, 2.45) is 4.99 Å². The molecule has 0 fully saturated rings. The minimum atomic E-state index is -0.472. The highest BCUT2D eigenvalue weighted by atomic mass is 32.2. The van der Waals surface area contributed by atoms with Gasteiger partial charge in [-0.15, -0.1) is 11.3 Å². The van der Waals surface area contributed by atoms with Crippen LogP contribution in [0.15, 0.2) is 69.1 Å². The van der Waals surface area contributed by atoms with Gasteiger partial charge in [0.2, 0.25) is 5.91 Å². The number of fused-ring (bicyclic) bond motifs is 1. The number of carbonyl (C=O) groups is 2. The molecule has 0 radical (unpaired) electrons. The zero-order chi connectivity index (χ0) is 23.4. The number of thiophene rings is 1. The average molecular weight is 484 g/mol. The lowest BCUT2D eigenvalue weighted by atomic mass is 9.93. The number of benzene rings is 1. The number of nitrogens with zero attached hydrogens (tertiary/aromatic N) is 2. The van der Waals surface area contributed by atoms with Gasteiger partial charge in [-0.1, -0.05) is 30.0 Å². The maximum atomic E-state index is 12.8. The molecule has 1 aromatic carbocycles. The van der Waals surface area contributed by atoms with Gasteiger partial charge in [-0.3, -0.25) is 4.79 Å². The predicted octanol–water partition coefficient (Wildman–Crippen LogP) is 4.25. The number of methoxy groups -OCH3 is 2.